The zero-order valence-electron chi connectivity index (χ0n) is 11.5. The van der Waals surface area contributed by atoms with Gasteiger partial charge < -0.3 is 4.74 Å². The molecular weight excluding hydrogens is 288 g/mol. The Kier molecular flexibility index (Phi) is 3.57. The van der Waals surface area contributed by atoms with Crippen LogP contribution in [0, 0.1) is 0 Å². The second kappa shape index (κ2) is 5.39. The summed E-state index contributed by atoms with van der Waals surface area (Å²) in [5.74, 6) is 1.43. The maximum atomic E-state index is 11.4. The summed E-state index contributed by atoms with van der Waals surface area (Å²) in [6, 6.07) is 14.9. The van der Waals surface area contributed by atoms with Crippen LogP contribution in [-0.4, -0.2) is 5.91 Å². The topological polar surface area (TPSA) is 50.4 Å². The maximum absolute atomic E-state index is 11.4. The van der Waals surface area contributed by atoms with Crippen LogP contribution in [0.3, 0.4) is 0 Å². The molecule has 1 unspecified atom stereocenters. The van der Waals surface area contributed by atoms with Crippen molar-refractivity contribution in [3.05, 3.63) is 59.1 Å². The van der Waals surface area contributed by atoms with Gasteiger partial charge >= 0.3 is 0 Å². The minimum Gasteiger partial charge on any atom is -0.457 e. The highest BCUT2D eigenvalue weighted by Crippen LogP contribution is 2.31. The van der Waals surface area contributed by atoms with E-state index >= 15 is 0 Å². The molecule has 1 saturated heterocycles. The average Bonchev–Trinajstić information content (AvgIpc) is 2.83. The number of halogens is 1. The average molecular weight is 303 g/mol. The van der Waals surface area contributed by atoms with Crippen LogP contribution in [0.2, 0.25) is 5.02 Å². The minimum absolute atomic E-state index is 0.0125. The van der Waals surface area contributed by atoms with Gasteiger partial charge in [-0.2, -0.15) is 0 Å². The van der Waals surface area contributed by atoms with Crippen molar-refractivity contribution in [2.75, 3.05) is 0 Å². The first kappa shape index (κ1) is 13.9. The zero-order chi connectivity index (χ0) is 14.9. The molecule has 0 aliphatic carbocycles. The minimum atomic E-state index is -0.420. The molecule has 21 heavy (non-hydrogen) atoms. The molecule has 5 heteroatoms. The number of ether oxygens (including phenoxy) is 1. The Morgan fingerprint density at radius 2 is 1.90 bits per heavy atom. The van der Waals surface area contributed by atoms with Gasteiger partial charge in [0.05, 0.1) is 12.0 Å². The van der Waals surface area contributed by atoms with E-state index in [0.717, 1.165) is 17.1 Å². The van der Waals surface area contributed by atoms with Gasteiger partial charge in [-0.25, -0.2) is 5.43 Å². The molecule has 1 aliphatic rings. The summed E-state index contributed by atoms with van der Waals surface area (Å²) in [6.45, 7) is 1.98. The van der Waals surface area contributed by atoms with Crippen molar-refractivity contribution in [2.24, 2.45) is 0 Å². The Bertz CT molecular complexity index is 672. The van der Waals surface area contributed by atoms with Crippen molar-refractivity contribution >= 4 is 17.5 Å². The van der Waals surface area contributed by atoms with Crippen molar-refractivity contribution in [3.8, 4) is 11.5 Å². The number of carbonyl (C=O) groups excluding carboxylic acids is 1. The van der Waals surface area contributed by atoms with Crippen LogP contribution in [0.25, 0.3) is 0 Å². The van der Waals surface area contributed by atoms with E-state index in [1.807, 2.05) is 43.3 Å². The number of benzene rings is 2. The molecule has 2 N–H and O–H groups in total. The molecule has 4 nitrogen and oxygen atoms in total. The first-order chi connectivity index (χ1) is 10.0. The van der Waals surface area contributed by atoms with Gasteiger partial charge in [-0.05, 0) is 48.9 Å². The molecule has 1 heterocycles. The fourth-order valence-electron chi connectivity index (χ4n) is 2.33. The number of amides is 1. The molecule has 108 valence electrons. The third-order valence-electron chi connectivity index (χ3n) is 3.51. The molecule has 0 saturated carbocycles. The summed E-state index contributed by atoms with van der Waals surface area (Å²) in [5, 5.41) is 0.670. The van der Waals surface area contributed by atoms with Gasteiger partial charge in [0.2, 0.25) is 5.91 Å². The molecule has 2 aromatic rings. The summed E-state index contributed by atoms with van der Waals surface area (Å²) in [6.07, 6.45) is 0.400. The first-order valence-electron chi connectivity index (χ1n) is 6.65. The van der Waals surface area contributed by atoms with E-state index < -0.39 is 5.54 Å². The van der Waals surface area contributed by atoms with E-state index in [2.05, 4.69) is 10.9 Å². The highest BCUT2D eigenvalue weighted by atomic mass is 35.5. The number of carbonyl (C=O) groups is 1. The molecule has 0 bridgehead atoms. The van der Waals surface area contributed by atoms with E-state index in [0.29, 0.717) is 11.4 Å². The summed E-state index contributed by atoms with van der Waals surface area (Å²) in [5.41, 5.74) is 6.24. The van der Waals surface area contributed by atoms with Gasteiger partial charge in [0.25, 0.3) is 0 Å². The predicted molar refractivity (Wildman–Crippen MR) is 81.2 cm³/mol. The molecule has 0 aromatic heterocycles. The number of hydrogen-bond donors (Lipinski definition) is 2. The van der Waals surface area contributed by atoms with Gasteiger partial charge in [0.15, 0.2) is 0 Å². The van der Waals surface area contributed by atoms with Crippen molar-refractivity contribution in [2.45, 2.75) is 18.9 Å². The molecule has 0 spiro atoms. The third kappa shape index (κ3) is 3.01. The van der Waals surface area contributed by atoms with Gasteiger partial charge in [0.1, 0.15) is 11.5 Å². The Morgan fingerprint density at radius 3 is 2.57 bits per heavy atom. The number of hydrazine groups is 1. The fourth-order valence-corrected chi connectivity index (χ4v) is 2.46. The van der Waals surface area contributed by atoms with Crippen LogP contribution in [0.4, 0.5) is 0 Å². The lowest BCUT2D eigenvalue weighted by Crippen LogP contribution is -2.38. The van der Waals surface area contributed by atoms with Crippen LogP contribution in [-0.2, 0) is 10.3 Å². The van der Waals surface area contributed by atoms with Crippen molar-refractivity contribution in [1.29, 1.82) is 0 Å². The fraction of sp³-hybridized carbons (Fsp3) is 0.188. The summed E-state index contributed by atoms with van der Waals surface area (Å²) < 4.78 is 5.81. The van der Waals surface area contributed by atoms with E-state index in [-0.39, 0.29) is 5.91 Å². The van der Waals surface area contributed by atoms with Gasteiger partial charge in [0, 0.05) is 5.02 Å². The highest BCUT2D eigenvalue weighted by Gasteiger charge is 2.35. The molecule has 1 amide bonds. The molecule has 1 aliphatic heterocycles. The Labute approximate surface area is 128 Å². The largest absolute Gasteiger partial charge is 0.457 e. The summed E-state index contributed by atoms with van der Waals surface area (Å²) in [4.78, 5) is 11.4. The van der Waals surface area contributed by atoms with Gasteiger partial charge in [-0.1, -0.05) is 23.7 Å². The van der Waals surface area contributed by atoms with E-state index in [9.17, 15) is 4.79 Å². The van der Waals surface area contributed by atoms with Gasteiger partial charge in [-0.15, -0.1) is 0 Å². The molecule has 2 aromatic carbocycles. The standard InChI is InChI=1S/C16H15ClN2O2/c1-16(10-15(20)18-19-16)11-3-2-4-14(9-11)21-13-7-5-12(17)6-8-13/h2-9,19H,10H2,1H3,(H,18,20). The van der Waals surface area contributed by atoms with Crippen LogP contribution < -0.4 is 15.6 Å². The van der Waals surface area contributed by atoms with E-state index in [4.69, 9.17) is 16.3 Å². The summed E-state index contributed by atoms with van der Waals surface area (Å²) in [7, 11) is 0. The SMILES string of the molecule is CC1(c2cccc(Oc3ccc(Cl)cc3)c2)CC(=O)NN1. The lowest BCUT2D eigenvalue weighted by atomic mass is 9.90. The van der Waals surface area contributed by atoms with Crippen molar-refractivity contribution in [1.82, 2.24) is 10.9 Å². The quantitative estimate of drug-likeness (QED) is 0.914. The Balaban J connectivity index is 1.83. The summed E-state index contributed by atoms with van der Waals surface area (Å²) >= 11 is 5.86. The Hall–Kier alpha value is -2.04. The van der Waals surface area contributed by atoms with Crippen LogP contribution in [0.5, 0.6) is 11.5 Å². The molecule has 0 radical (unpaired) electrons. The molecular formula is C16H15ClN2O2. The predicted octanol–water partition coefficient (Wildman–Crippen LogP) is 3.37. The zero-order valence-corrected chi connectivity index (χ0v) is 12.3. The normalized spacial score (nSPS) is 21.1. The highest BCUT2D eigenvalue weighted by molar-refractivity contribution is 6.30. The first-order valence-corrected chi connectivity index (χ1v) is 7.03. The molecule has 1 atom stereocenters. The number of hydrogen-bond acceptors (Lipinski definition) is 3. The lowest BCUT2D eigenvalue weighted by molar-refractivity contribution is -0.119. The monoisotopic (exact) mass is 302 g/mol. The number of rotatable bonds is 3. The molecule has 1 fully saturated rings. The number of nitrogens with one attached hydrogen (secondary N) is 2. The van der Waals surface area contributed by atoms with E-state index in [1.54, 1.807) is 12.1 Å². The van der Waals surface area contributed by atoms with Crippen LogP contribution in [0.15, 0.2) is 48.5 Å². The smallest absolute Gasteiger partial charge is 0.236 e. The van der Waals surface area contributed by atoms with Crippen LogP contribution in [0.1, 0.15) is 18.9 Å². The van der Waals surface area contributed by atoms with E-state index in [1.165, 1.54) is 0 Å². The van der Waals surface area contributed by atoms with Crippen LogP contribution >= 0.6 is 11.6 Å². The van der Waals surface area contributed by atoms with Crippen molar-refractivity contribution < 1.29 is 9.53 Å². The maximum Gasteiger partial charge on any atom is 0.236 e. The Morgan fingerprint density at radius 1 is 1.14 bits per heavy atom. The second-order valence-corrected chi connectivity index (χ2v) is 5.70. The van der Waals surface area contributed by atoms with Gasteiger partial charge in [-0.3, -0.25) is 10.2 Å². The van der Waals surface area contributed by atoms with Crippen molar-refractivity contribution in [3.63, 3.8) is 0 Å². The lowest BCUT2D eigenvalue weighted by Gasteiger charge is -2.23. The third-order valence-corrected chi connectivity index (χ3v) is 3.76. The second-order valence-electron chi connectivity index (χ2n) is 5.27. The molecule has 3 rings (SSSR count).